The summed E-state index contributed by atoms with van der Waals surface area (Å²) in [4.78, 5) is 14.6. The summed E-state index contributed by atoms with van der Waals surface area (Å²) < 4.78 is 4.98. The van der Waals surface area contributed by atoms with Crippen LogP contribution in [0.25, 0.3) is 0 Å². The van der Waals surface area contributed by atoms with Crippen molar-refractivity contribution < 1.29 is 9.53 Å². The molecule has 1 unspecified atom stereocenters. The maximum Gasteiger partial charge on any atom is 0.327 e. The molecular formula is C16H32N2O2. The van der Waals surface area contributed by atoms with Gasteiger partial charge in [-0.05, 0) is 37.5 Å². The Morgan fingerprint density at radius 2 is 1.90 bits per heavy atom. The van der Waals surface area contributed by atoms with Crippen molar-refractivity contribution in [1.29, 1.82) is 0 Å². The lowest BCUT2D eigenvalue weighted by molar-refractivity contribution is -0.149. The number of methoxy groups -OCH3 is 1. The number of nitrogens with zero attached hydrogens (tertiary/aromatic N) is 1. The third-order valence-corrected chi connectivity index (χ3v) is 4.39. The lowest BCUT2D eigenvalue weighted by Crippen LogP contribution is -2.60. The van der Waals surface area contributed by atoms with Crippen molar-refractivity contribution in [3.8, 4) is 0 Å². The molecule has 0 radical (unpaired) electrons. The van der Waals surface area contributed by atoms with Crippen molar-refractivity contribution in [2.24, 2.45) is 17.6 Å². The molecule has 1 atom stereocenters. The molecule has 0 spiro atoms. The number of hydrogen-bond acceptors (Lipinski definition) is 4. The van der Waals surface area contributed by atoms with Gasteiger partial charge in [0.2, 0.25) is 0 Å². The molecule has 0 aromatic carbocycles. The molecular weight excluding hydrogens is 252 g/mol. The monoisotopic (exact) mass is 284 g/mol. The summed E-state index contributed by atoms with van der Waals surface area (Å²) in [6.07, 6.45) is 4.27. The second kappa shape index (κ2) is 7.41. The molecule has 4 nitrogen and oxygen atoms in total. The van der Waals surface area contributed by atoms with Gasteiger partial charge in [0.05, 0.1) is 7.11 Å². The molecule has 1 fully saturated rings. The first-order chi connectivity index (χ1) is 9.38. The van der Waals surface area contributed by atoms with Crippen molar-refractivity contribution >= 4 is 5.97 Å². The van der Waals surface area contributed by atoms with Crippen LogP contribution in [0.4, 0.5) is 0 Å². The highest BCUT2D eigenvalue weighted by Crippen LogP contribution is 2.40. The first kappa shape index (κ1) is 17.4. The molecule has 1 saturated carbocycles. The van der Waals surface area contributed by atoms with Crippen LogP contribution in [0.5, 0.6) is 0 Å². The highest BCUT2D eigenvalue weighted by molar-refractivity contribution is 5.81. The second-order valence-electron chi connectivity index (χ2n) is 6.60. The normalized spacial score (nSPS) is 18.6. The number of nitrogens with two attached hydrogens (primary N) is 1. The molecule has 0 aromatic rings. The van der Waals surface area contributed by atoms with Crippen LogP contribution in [-0.4, -0.2) is 42.6 Å². The van der Waals surface area contributed by atoms with Crippen LogP contribution in [0.3, 0.4) is 0 Å². The fraction of sp³-hybridized carbons (Fsp3) is 0.938. The van der Waals surface area contributed by atoms with Crippen molar-refractivity contribution in [3.05, 3.63) is 0 Å². The van der Waals surface area contributed by atoms with E-state index in [1.807, 2.05) is 0 Å². The van der Waals surface area contributed by atoms with Crippen LogP contribution in [0, 0.1) is 11.8 Å². The van der Waals surface area contributed by atoms with Gasteiger partial charge in [-0.15, -0.1) is 0 Å². The number of esters is 1. The van der Waals surface area contributed by atoms with Gasteiger partial charge in [0, 0.05) is 19.1 Å². The van der Waals surface area contributed by atoms with Crippen LogP contribution >= 0.6 is 0 Å². The van der Waals surface area contributed by atoms with Gasteiger partial charge in [-0.25, -0.2) is 0 Å². The molecule has 0 aromatic heterocycles. The first-order valence-electron chi connectivity index (χ1n) is 8.00. The molecule has 0 saturated heterocycles. The van der Waals surface area contributed by atoms with Crippen molar-refractivity contribution in [1.82, 2.24) is 4.90 Å². The van der Waals surface area contributed by atoms with Gasteiger partial charge in [0.25, 0.3) is 0 Å². The van der Waals surface area contributed by atoms with E-state index >= 15 is 0 Å². The smallest absolute Gasteiger partial charge is 0.327 e. The van der Waals surface area contributed by atoms with E-state index in [9.17, 15) is 4.79 Å². The third-order valence-electron chi connectivity index (χ3n) is 4.39. The molecule has 0 bridgehead atoms. The van der Waals surface area contributed by atoms with Crippen LogP contribution < -0.4 is 5.73 Å². The van der Waals surface area contributed by atoms with E-state index in [-0.39, 0.29) is 5.97 Å². The van der Waals surface area contributed by atoms with Crippen LogP contribution in [0.2, 0.25) is 0 Å². The van der Waals surface area contributed by atoms with E-state index in [2.05, 4.69) is 32.6 Å². The van der Waals surface area contributed by atoms with Gasteiger partial charge in [0.15, 0.2) is 0 Å². The first-order valence-corrected chi connectivity index (χ1v) is 8.00. The SMILES string of the molecule is CCC(CC)N(CC(C)C)CC(N)(C(=O)OC)C1CC1. The quantitative estimate of drug-likeness (QED) is 0.661. The highest BCUT2D eigenvalue weighted by Gasteiger charge is 2.50. The number of hydrogen-bond donors (Lipinski definition) is 1. The van der Waals surface area contributed by atoms with E-state index in [0.717, 1.165) is 32.2 Å². The van der Waals surface area contributed by atoms with Crippen molar-refractivity contribution in [2.45, 2.75) is 65.0 Å². The Hall–Kier alpha value is -0.610. The molecule has 0 aliphatic heterocycles. The molecule has 0 heterocycles. The topological polar surface area (TPSA) is 55.6 Å². The van der Waals surface area contributed by atoms with Gasteiger partial charge in [-0.2, -0.15) is 0 Å². The maximum atomic E-state index is 12.2. The Balaban J connectivity index is 2.86. The highest BCUT2D eigenvalue weighted by atomic mass is 16.5. The number of carbonyl (C=O) groups is 1. The van der Waals surface area contributed by atoms with E-state index in [1.165, 1.54) is 7.11 Å². The van der Waals surface area contributed by atoms with Crippen LogP contribution in [-0.2, 0) is 9.53 Å². The van der Waals surface area contributed by atoms with E-state index in [4.69, 9.17) is 10.5 Å². The summed E-state index contributed by atoms with van der Waals surface area (Å²) in [7, 11) is 1.44. The molecule has 118 valence electrons. The molecule has 1 aliphatic rings. The Bertz CT molecular complexity index is 312. The summed E-state index contributed by atoms with van der Waals surface area (Å²) in [6.45, 7) is 10.4. The largest absolute Gasteiger partial charge is 0.468 e. The number of carbonyl (C=O) groups excluding carboxylic acids is 1. The van der Waals surface area contributed by atoms with Gasteiger partial charge in [0.1, 0.15) is 5.54 Å². The van der Waals surface area contributed by atoms with Crippen LogP contribution in [0.1, 0.15) is 53.4 Å². The molecule has 1 rings (SSSR count). The Labute approximate surface area is 124 Å². The van der Waals surface area contributed by atoms with Crippen molar-refractivity contribution in [2.75, 3.05) is 20.2 Å². The molecule has 1 aliphatic carbocycles. The zero-order valence-electron chi connectivity index (χ0n) is 13.8. The lowest BCUT2D eigenvalue weighted by atomic mass is 9.92. The average Bonchev–Trinajstić information content (AvgIpc) is 3.22. The van der Waals surface area contributed by atoms with Crippen molar-refractivity contribution in [3.63, 3.8) is 0 Å². The number of ether oxygens (including phenoxy) is 1. The minimum absolute atomic E-state index is 0.250. The van der Waals surface area contributed by atoms with E-state index < -0.39 is 5.54 Å². The summed E-state index contributed by atoms with van der Waals surface area (Å²) in [6, 6.07) is 0.490. The van der Waals surface area contributed by atoms with Gasteiger partial charge in [-0.1, -0.05) is 27.7 Å². The Morgan fingerprint density at radius 3 is 2.25 bits per heavy atom. The fourth-order valence-corrected chi connectivity index (χ4v) is 3.10. The second-order valence-corrected chi connectivity index (χ2v) is 6.60. The average molecular weight is 284 g/mol. The Kier molecular flexibility index (Phi) is 6.46. The minimum Gasteiger partial charge on any atom is -0.468 e. The molecule has 20 heavy (non-hydrogen) atoms. The van der Waals surface area contributed by atoms with Crippen LogP contribution in [0.15, 0.2) is 0 Å². The molecule has 0 amide bonds. The van der Waals surface area contributed by atoms with Gasteiger partial charge in [-0.3, -0.25) is 9.69 Å². The fourth-order valence-electron chi connectivity index (χ4n) is 3.10. The lowest BCUT2D eigenvalue weighted by Gasteiger charge is -2.38. The summed E-state index contributed by atoms with van der Waals surface area (Å²) in [5, 5.41) is 0. The summed E-state index contributed by atoms with van der Waals surface area (Å²) in [5.41, 5.74) is 5.64. The van der Waals surface area contributed by atoms with Gasteiger partial charge < -0.3 is 10.5 Å². The van der Waals surface area contributed by atoms with E-state index in [1.54, 1.807) is 0 Å². The minimum atomic E-state index is -0.827. The predicted octanol–water partition coefficient (Wildman–Crippen LogP) is 2.41. The van der Waals surface area contributed by atoms with E-state index in [0.29, 0.717) is 24.4 Å². The zero-order valence-corrected chi connectivity index (χ0v) is 13.8. The van der Waals surface area contributed by atoms with Gasteiger partial charge >= 0.3 is 5.97 Å². The summed E-state index contributed by atoms with van der Waals surface area (Å²) in [5.74, 6) is 0.607. The third kappa shape index (κ3) is 4.19. The predicted molar refractivity (Wildman–Crippen MR) is 82.4 cm³/mol. The summed E-state index contributed by atoms with van der Waals surface area (Å²) >= 11 is 0. The zero-order chi connectivity index (χ0) is 15.3. The molecule has 4 heteroatoms. The standard InChI is InChI=1S/C16H32N2O2/c1-6-14(7-2)18(10-12(3)4)11-16(17,13-8-9-13)15(19)20-5/h12-14H,6-11,17H2,1-5H3. The number of rotatable bonds is 9. The maximum absolute atomic E-state index is 12.2. The Morgan fingerprint density at radius 1 is 1.35 bits per heavy atom. The molecule has 2 N–H and O–H groups in total.